The van der Waals surface area contributed by atoms with Crippen LogP contribution in [0.1, 0.15) is 25.7 Å². The van der Waals surface area contributed by atoms with Gasteiger partial charge in [-0.15, -0.1) is 0 Å². The third-order valence-corrected chi connectivity index (χ3v) is 2.91. The number of carbonyl (C=O) groups is 1. The van der Waals surface area contributed by atoms with Crippen molar-refractivity contribution in [2.24, 2.45) is 0 Å². The van der Waals surface area contributed by atoms with E-state index in [9.17, 15) is 4.79 Å². The third kappa shape index (κ3) is 2.90. The molecule has 0 spiro atoms. The molecule has 0 radical (unpaired) electrons. The fourth-order valence-electron chi connectivity index (χ4n) is 2.07. The molecule has 2 aliphatic heterocycles. The van der Waals surface area contributed by atoms with Gasteiger partial charge in [0.2, 0.25) is 0 Å². The van der Waals surface area contributed by atoms with Crippen LogP contribution in [0.5, 0.6) is 0 Å². The van der Waals surface area contributed by atoms with Crippen molar-refractivity contribution in [1.29, 1.82) is 0 Å². The minimum atomic E-state index is -0.936. The van der Waals surface area contributed by atoms with Crippen LogP contribution in [0.15, 0.2) is 0 Å². The molecule has 0 aromatic carbocycles. The maximum absolute atomic E-state index is 10.6. The minimum Gasteiger partial charge on any atom is -0.479 e. The van der Waals surface area contributed by atoms with Crippen molar-refractivity contribution < 1.29 is 19.4 Å². The molecule has 0 bridgehead atoms. The van der Waals surface area contributed by atoms with Crippen LogP contribution in [-0.2, 0) is 14.3 Å². The Morgan fingerprint density at radius 1 is 1.47 bits per heavy atom. The topological polar surface area (TPSA) is 67.8 Å². The Labute approximate surface area is 88.7 Å². The fraction of sp³-hybridized carbons (Fsp3) is 0.900. The largest absolute Gasteiger partial charge is 0.479 e. The molecular weight excluding hydrogens is 198 g/mol. The number of carboxylic acids is 1. The zero-order valence-corrected chi connectivity index (χ0v) is 8.65. The van der Waals surface area contributed by atoms with Crippen LogP contribution >= 0.6 is 0 Å². The van der Waals surface area contributed by atoms with Gasteiger partial charge in [0.15, 0.2) is 12.4 Å². The molecule has 3 unspecified atom stereocenters. The standard InChI is InChI=1S/C10H17NO4/c12-10(13)8-6-14-9(15-8)5-7-3-1-2-4-11-7/h7-9,11H,1-6H2,(H,12,13). The molecule has 15 heavy (non-hydrogen) atoms. The maximum atomic E-state index is 10.6. The maximum Gasteiger partial charge on any atom is 0.335 e. The van der Waals surface area contributed by atoms with Gasteiger partial charge in [0, 0.05) is 12.5 Å². The first-order valence-electron chi connectivity index (χ1n) is 5.49. The van der Waals surface area contributed by atoms with Gasteiger partial charge in [-0.3, -0.25) is 0 Å². The Kier molecular flexibility index (Phi) is 3.56. The predicted octanol–water partition coefficient (Wildman–Crippen LogP) is 0.345. The molecule has 2 saturated heterocycles. The van der Waals surface area contributed by atoms with Gasteiger partial charge in [-0.25, -0.2) is 4.79 Å². The number of rotatable bonds is 3. The lowest BCUT2D eigenvalue weighted by Crippen LogP contribution is -2.37. The number of piperidine rings is 1. The summed E-state index contributed by atoms with van der Waals surface area (Å²) in [4.78, 5) is 10.6. The van der Waals surface area contributed by atoms with Gasteiger partial charge in [0.1, 0.15) is 0 Å². The molecular formula is C10H17NO4. The summed E-state index contributed by atoms with van der Waals surface area (Å²) in [6.45, 7) is 1.21. The zero-order valence-electron chi connectivity index (χ0n) is 8.65. The van der Waals surface area contributed by atoms with Crippen LogP contribution in [0.3, 0.4) is 0 Å². The predicted molar refractivity (Wildman–Crippen MR) is 52.5 cm³/mol. The first-order chi connectivity index (χ1) is 7.25. The Morgan fingerprint density at radius 3 is 2.93 bits per heavy atom. The summed E-state index contributed by atoms with van der Waals surface area (Å²) < 4.78 is 10.6. The average molecular weight is 215 g/mol. The van der Waals surface area contributed by atoms with E-state index in [-0.39, 0.29) is 12.9 Å². The van der Waals surface area contributed by atoms with E-state index in [0.717, 1.165) is 19.4 Å². The molecule has 2 N–H and O–H groups in total. The lowest BCUT2D eigenvalue weighted by molar-refractivity contribution is -0.151. The van der Waals surface area contributed by atoms with Gasteiger partial charge in [-0.1, -0.05) is 6.42 Å². The highest BCUT2D eigenvalue weighted by Crippen LogP contribution is 2.19. The highest BCUT2D eigenvalue weighted by atomic mass is 16.7. The Balaban J connectivity index is 1.74. The first-order valence-corrected chi connectivity index (χ1v) is 5.49. The molecule has 5 heteroatoms. The van der Waals surface area contributed by atoms with Crippen molar-refractivity contribution >= 4 is 5.97 Å². The Morgan fingerprint density at radius 2 is 2.33 bits per heavy atom. The number of ether oxygens (including phenoxy) is 2. The fourth-order valence-corrected chi connectivity index (χ4v) is 2.07. The number of hydrogen-bond donors (Lipinski definition) is 2. The van der Waals surface area contributed by atoms with Gasteiger partial charge < -0.3 is 19.9 Å². The second-order valence-electron chi connectivity index (χ2n) is 4.11. The van der Waals surface area contributed by atoms with E-state index in [2.05, 4.69) is 5.32 Å². The zero-order chi connectivity index (χ0) is 10.7. The quantitative estimate of drug-likeness (QED) is 0.710. The van der Waals surface area contributed by atoms with Gasteiger partial charge in [0.05, 0.1) is 6.61 Å². The van der Waals surface area contributed by atoms with Crippen molar-refractivity contribution in [2.45, 2.75) is 44.1 Å². The second-order valence-corrected chi connectivity index (χ2v) is 4.11. The first kappa shape index (κ1) is 10.9. The number of nitrogens with one attached hydrogen (secondary N) is 1. The highest BCUT2D eigenvalue weighted by molar-refractivity contribution is 5.72. The molecule has 2 aliphatic rings. The average Bonchev–Trinajstić information content (AvgIpc) is 2.68. The normalized spacial score (nSPS) is 36.7. The SMILES string of the molecule is O=C(O)C1COC(CC2CCCCN2)O1. The third-order valence-electron chi connectivity index (χ3n) is 2.91. The van der Waals surface area contributed by atoms with E-state index in [1.165, 1.54) is 12.8 Å². The number of hydrogen-bond acceptors (Lipinski definition) is 4. The van der Waals surface area contributed by atoms with Crippen LogP contribution in [0.2, 0.25) is 0 Å². The molecule has 2 fully saturated rings. The van der Waals surface area contributed by atoms with E-state index in [4.69, 9.17) is 14.6 Å². The number of carboxylic acid groups (broad SMARTS) is 1. The summed E-state index contributed by atoms with van der Waals surface area (Å²) in [5.41, 5.74) is 0. The number of aliphatic carboxylic acids is 1. The van der Waals surface area contributed by atoms with E-state index in [1.54, 1.807) is 0 Å². The molecule has 0 aromatic heterocycles. The van der Waals surface area contributed by atoms with E-state index in [0.29, 0.717) is 6.04 Å². The minimum absolute atomic E-state index is 0.173. The molecule has 5 nitrogen and oxygen atoms in total. The molecule has 0 saturated carbocycles. The van der Waals surface area contributed by atoms with Crippen LogP contribution in [0, 0.1) is 0 Å². The Bertz CT molecular complexity index is 227. The van der Waals surface area contributed by atoms with Gasteiger partial charge in [-0.2, -0.15) is 0 Å². The summed E-state index contributed by atoms with van der Waals surface area (Å²) in [6.07, 6.45) is 3.21. The van der Waals surface area contributed by atoms with Crippen LogP contribution in [0.4, 0.5) is 0 Å². The summed E-state index contributed by atoms with van der Waals surface area (Å²) in [7, 11) is 0. The summed E-state index contributed by atoms with van der Waals surface area (Å²) in [5, 5.41) is 12.1. The van der Waals surface area contributed by atoms with Crippen LogP contribution < -0.4 is 5.32 Å². The van der Waals surface area contributed by atoms with Crippen molar-refractivity contribution in [3.05, 3.63) is 0 Å². The van der Waals surface area contributed by atoms with Crippen LogP contribution in [-0.4, -0.2) is 42.7 Å². The summed E-state index contributed by atoms with van der Waals surface area (Å²) in [5.74, 6) is -0.936. The molecule has 86 valence electrons. The van der Waals surface area contributed by atoms with E-state index < -0.39 is 12.1 Å². The van der Waals surface area contributed by atoms with Crippen molar-refractivity contribution in [2.75, 3.05) is 13.2 Å². The summed E-state index contributed by atoms with van der Waals surface area (Å²) >= 11 is 0. The molecule has 0 amide bonds. The monoisotopic (exact) mass is 215 g/mol. The molecule has 2 rings (SSSR count). The van der Waals surface area contributed by atoms with Gasteiger partial charge in [0.25, 0.3) is 0 Å². The van der Waals surface area contributed by atoms with E-state index >= 15 is 0 Å². The van der Waals surface area contributed by atoms with Crippen molar-refractivity contribution in [3.8, 4) is 0 Å². The molecule has 0 aromatic rings. The molecule has 2 heterocycles. The van der Waals surface area contributed by atoms with Crippen molar-refractivity contribution in [1.82, 2.24) is 5.32 Å². The Hall–Kier alpha value is -0.650. The lowest BCUT2D eigenvalue weighted by Gasteiger charge is -2.25. The summed E-state index contributed by atoms with van der Waals surface area (Å²) in [6, 6.07) is 0.413. The second kappa shape index (κ2) is 4.92. The van der Waals surface area contributed by atoms with Crippen LogP contribution in [0.25, 0.3) is 0 Å². The molecule has 0 aliphatic carbocycles. The molecule has 3 atom stereocenters. The van der Waals surface area contributed by atoms with Gasteiger partial charge in [-0.05, 0) is 19.4 Å². The highest BCUT2D eigenvalue weighted by Gasteiger charge is 2.32. The van der Waals surface area contributed by atoms with Gasteiger partial charge >= 0.3 is 5.97 Å². The van der Waals surface area contributed by atoms with Crippen molar-refractivity contribution in [3.63, 3.8) is 0 Å². The van der Waals surface area contributed by atoms with E-state index in [1.807, 2.05) is 0 Å². The lowest BCUT2D eigenvalue weighted by atomic mass is 10.0. The smallest absolute Gasteiger partial charge is 0.335 e.